The topological polar surface area (TPSA) is 45.8 Å². The third-order valence-electron chi connectivity index (χ3n) is 6.29. The lowest BCUT2D eigenvalue weighted by Crippen LogP contribution is -2.41. The summed E-state index contributed by atoms with van der Waals surface area (Å²) in [5, 5.41) is 7.42. The van der Waals surface area contributed by atoms with E-state index in [9.17, 15) is 9.18 Å². The van der Waals surface area contributed by atoms with Crippen LogP contribution in [-0.2, 0) is 23.1 Å². The molecule has 0 amide bonds. The van der Waals surface area contributed by atoms with Crippen molar-refractivity contribution >= 4 is 5.78 Å². The molecule has 0 fully saturated rings. The van der Waals surface area contributed by atoms with Gasteiger partial charge in [-0.25, -0.2) is 4.39 Å². The van der Waals surface area contributed by atoms with Crippen molar-refractivity contribution < 1.29 is 9.18 Å². The zero-order chi connectivity index (χ0) is 17.4. The van der Waals surface area contributed by atoms with Gasteiger partial charge in [0.05, 0.1) is 11.6 Å². The predicted octanol–water partition coefficient (Wildman–Crippen LogP) is 4.02. The molecule has 0 saturated heterocycles. The van der Waals surface area contributed by atoms with Crippen LogP contribution in [0.2, 0.25) is 0 Å². The van der Waals surface area contributed by atoms with Gasteiger partial charge >= 0.3 is 0 Å². The second-order valence-electron chi connectivity index (χ2n) is 8.53. The Morgan fingerprint density at radius 2 is 2.04 bits per heavy atom. The molecule has 1 aromatic carbocycles. The molecule has 3 aliphatic rings. The van der Waals surface area contributed by atoms with Gasteiger partial charge in [0.25, 0.3) is 0 Å². The number of aromatic nitrogens is 2. The summed E-state index contributed by atoms with van der Waals surface area (Å²) in [4.78, 5) is 13.2. The average molecular weight is 336 g/mol. The fourth-order valence-electron chi connectivity index (χ4n) is 5.50. The molecule has 0 unspecified atom stereocenters. The summed E-state index contributed by atoms with van der Waals surface area (Å²) in [5.41, 5.74) is 5.51. The quantitative estimate of drug-likeness (QED) is 0.790. The van der Waals surface area contributed by atoms with Crippen LogP contribution in [0, 0.1) is 11.2 Å². The van der Waals surface area contributed by atoms with Crippen LogP contribution in [0.25, 0.3) is 0 Å². The number of rotatable bonds is 0. The number of aromatic amines is 1. The molecule has 5 rings (SSSR count). The highest BCUT2D eigenvalue weighted by molar-refractivity contribution is 6.02. The van der Waals surface area contributed by atoms with E-state index in [4.69, 9.17) is 0 Å². The highest BCUT2D eigenvalue weighted by Gasteiger charge is 2.53. The maximum atomic E-state index is 14.5. The minimum Gasteiger partial charge on any atom is -0.294 e. The molecule has 1 atom stereocenters. The molecule has 0 saturated carbocycles. The molecule has 128 valence electrons. The van der Waals surface area contributed by atoms with Gasteiger partial charge in [-0.15, -0.1) is 0 Å². The van der Waals surface area contributed by atoms with Crippen LogP contribution in [0.5, 0.6) is 0 Å². The van der Waals surface area contributed by atoms with Gasteiger partial charge in [0.1, 0.15) is 5.82 Å². The van der Waals surface area contributed by atoms with E-state index in [2.05, 4.69) is 24.0 Å². The van der Waals surface area contributed by atoms with Crippen LogP contribution in [-0.4, -0.2) is 16.0 Å². The van der Waals surface area contributed by atoms with Gasteiger partial charge < -0.3 is 0 Å². The number of nitrogens with one attached hydrogen (secondary N) is 1. The maximum Gasteiger partial charge on any atom is 0.160 e. The van der Waals surface area contributed by atoms with Crippen LogP contribution in [0.1, 0.15) is 55.5 Å². The number of allylic oxidation sites excluding steroid dienone is 2. The highest BCUT2D eigenvalue weighted by atomic mass is 19.1. The summed E-state index contributed by atoms with van der Waals surface area (Å²) in [6.07, 6.45) is 5.50. The number of Topliss-reactive ketones (excluding diaryl/α,β-unsaturated/α-hetero) is 1. The number of ketones is 1. The van der Waals surface area contributed by atoms with Gasteiger partial charge in [0.2, 0.25) is 0 Å². The molecule has 0 radical (unpaired) electrons. The molecular weight excluding hydrogens is 315 g/mol. The zero-order valence-electron chi connectivity index (χ0n) is 14.6. The van der Waals surface area contributed by atoms with Crippen molar-refractivity contribution in [3.63, 3.8) is 0 Å². The fourth-order valence-corrected chi connectivity index (χ4v) is 5.50. The normalized spacial score (nSPS) is 26.6. The summed E-state index contributed by atoms with van der Waals surface area (Å²) >= 11 is 0. The van der Waals surface area contributed by atoms with Crippen LogP contribution >= 0.6 is 0 Å². The van der Waals surface area contributed by atoms with Crippen molar-refractivity contribution in [1.29, 1.82) is 0 Å². The molecule has 1 heterocycles. The van der Waals surface area contributed by atoms with Crippen molar-refractivity contribution in [3.05, 3.63) is 63.7 Å². The molecule has 1 aromatic heterocycles. The van der Waals surface area contributed by atoms with E-state index >= 15 is 0 Å². The van der Waals surface area contributed by atoms with Gasteiger partial charge in [0.15, 0.2) is 5.78 Å². The monoisotopic (exact) mass is 336 g/mol. The third-order valence-corrected chi connectivity index (χ3v) is 6.29. The van der Waals surface area contributed by atoms with E-state index in [0.29, 0.717) is 12.8 Å². The van der Waals surface area contributed by atoms with Crippen LogP contribution in [0.4, 0.5) is 4.39 Å². The first-order valence-electron chi connectivity index (χ1n) is 8.99. The Hall–Kier alpha value is -2.23. The Bertz CT molecular complexity index is 953. The molecule has 4 heteroatoms. The van der Waals surface area contributed by atoms with E-state index < -0.39 is 5.41 Å². The Kier molecular flexibility index (Phi) is 2.82. The lowest BCUT2D eigenvalue weighted by atomic mass is 9.58. The van der Waals surface area contributed by atoms with Crippen LogP contribution < -0.4 is 0 Å². The van der Waals surface area contributed by atoms with E-state index in [1.165, 1.54) is 11.6 Å². The fraction of sp³-hybridized carbons (Fsp3) is 0.429. The lowest BCUT2D eigenvalue weighted by Gasteiger charge is -2.43. The number of carbonyl (C=O) groups excluding carboxylic acids is 1. The summed E-state index contributed by atoms with van der Waals surface area (Å²) < 4.78 is 14.5. The van der Waals surface area contributed by atoms with Crippen molar-refractivity contribution in [2.45, 2.75) is 51.4 Å². The number of carbonyl (C=O) groups is 1. The summed E-state index contributed by atoms with van der Waals surface area (Å²) in [5.74, 6) is 0.0749. The second-order valence-corrected chi connectivity index (χ2v) is 8.53. The zero-order valence-corrected chi connectivity index (χ0v) is 14.6. The highest BCUT2D eigenvalue weighted by Crippen LogP contribution is 2.57. The summed E-state index contributed by atoms with van der Waals surface area (Å²) in [6, 6.07) is 5.30. The molecular formula is C21H21FN2O. The number of nitrogens with zero attached hydrogens (tertiary/aromatic N) is 1. The number of benzene rings is 1. The van der Waals surface area contributed by atoms with E-state index in [1.54, 1.807) is 6.07 Å². The van der Waals surface area contributed by atoms with Crippen LogP contribution in [0.3, 0.4) is 0 Å². The average Bonchev–Trinajstić information content (AvgIpc) is 3.13. The number of H-pyrrole nitrogens is 1. The first-order chi connectivity index (χ1) is 11.9. The van der Waals surface area contributed by atoms with Gasteiger partial charge in [-0.3, -0.25) is 9.89 Å². The van der Waals surface area contributed by atoms with Gasteiger partial charge in [-0.2, -0.15) is 5.10 Å². The number of halogens is 1. The molecule has 1 spiro atoms. The Morgan fingerprint density at radius 1 is 1.20 bits per heavy atom. The van der Waals surface area contributed by atoms with Crippen molar-refractivity contribution in [1.82, 2.24) is 10.2 Å². The molecule has 3 aliphatic carbocycles. The van der Waals surface area contributed by atoms with Crippen molar-refractivity contribution in [3.8, 4) is 0 Å². The number of fused-ring (bicyclic) bond motifs is 5. The summed E-state index contributed by atoms with van der Waals surface area (Å²) in [7, 11) is 0. The van der Waals surface area contributed by atoms with E-state index in [0.717, 1.165) is 47.2 Å². The number of hydrogen-bond donors (Lipinski definition) is 1. The third kappa shape index (κ3) is 1.85. The van der Waals surface area contributed by atoms with Gasteiger partial charge in [-0.1, -0.05) is 31.6 Å². The maximum absolute atomic E-state index is 14.5. The van der Waals surface area contributed by atoms with E-state index in [-0.39, 0.29) is 17.0 Å². The molecule has 0 aliphatic heterocycles. The molecule has 0 bridgehead atoms. The van der Waals surface area contributed by atoms with E-state index in [1.807, 2.05) is 12.3 Å². The smallest absolute Gasteiger partial charge is 0.160 e. The lowest BCUT2D eigenvalue weighted by molar-refractivity contribution is -0.118. The van der Waals surface area contributed by atoms with Crippen LogP contribution in [0.15, 0.2) is 35.5 Å². The molecule has 3 nitrogen and oxygen atoms in total. The van der Waals surface area contributed by atoms with Gasteiger partial charge in [-0.05, 0) is 41.9 Å². The first-order valence-corrected chi connectivity index (χ1v) is 8.99. The minimum atomic E-state index is -0.513. The Balaban J connectivity index is 1.84. The molecule has 1 N–H and O–H groups in total. The Labute approximate surface area is 146 Å². The second kappa shape index (κ2) is 4.69. The van der Waals surface area contributed by atoms with Crippen molar-refractivity contribution in [2.24, 2.45) is 5.41 Å². The summed E-state index contributed by atoms with van der Waals surface area (Å²) in [6.45, 7) is 4.32. The SMILES string of the molecule is CC1(C)CC(=O)C2=C(Cc3[nH]ncc3[C@@]23CCc2c(F)cccc23)C1. The van der Waals surface area contributed by atoms with Gasteiger partial charge in [0, 0.05) is 29.7 Å². The Morgan fingerprint density at radius 3 is 2.88 bits per heavy atom. The molecule has 25 heavy (non-hydrogen) atoms. The standard InChI is InChI=1S/C21H21FN2O/c1-20(2)9-12-8-17-15(11-23-24-17)21(19(12)18(25)10-20)7-6-13-14(21)4-3-5-16(13)22/h3-5,11H,6-10H2,1-2H3,(H,23,24)/t21-/m0/s1. The molecule has 2 aromatic rings. The predicted molar refractivity (Wildman–Crippen MR) is 92.8 cm³/mol. The first kappa shape index (κ1) is 15.1. The largest absolute Gasteiger partial charge is 0.294 e. The number of hydrogen-bond acceptors (Lipinski definition) is 2. The minimum absolute atomic E-state index is 0.0159. The van der Waals surface area contributed by atoms with Crippen molar-refractivity contribution in [2.75, 3.05) is 0 Å².